The first kappa shape index (κ1) is 19.9. The van der Waals surface area contributed by atoms with Crippen molar-refractivity contribution in [1.82, 2.24) is 14.5 Å². The van der Waals surface area contributed by atoms with Crippen LogP contribution in [0.15, 0.2) is 23.0 Å². The molecule has 150 valence electrons. The maximum atomic E-state index is 12.7. The number of aryl methyl sites for hydroxylation is 2. The molecular formula is C20H25N3O5. The second-order valence-corrected chi connectivity index (χ2v) is 7.31. The minimum absolute atomic E-state index is 0.203. The van der Waals surface area contributed by atoms with E-state index in [1.807, 2.05) is 18.2 Å². The number of hydrogen-bond donors (Lipinski definition) is 2. The van der Waals surface area contributed by atoms with Gasteiger partial charge in [0.05, 0.1) is 11.0 Å². The Kier molecular flexibility index (Phi) is 5.96. The maximum absolute atomic E-state index is 12.7. The van der Waals surface area contributed by atoms with Crippen molar-refractivity contribution in [3.8, 4) is 0 Å². The number of amides is 2. The zero-order chi connectivity index (χ0) is 20.3. The van der Waals surface area contributed by atoms with E-state index in [2.05, 4.69) is 5.32 Å². The molecule has 2 heterocycles. The van der Waals surface area contributed by atoms with Crippen LogP contribution in [0.2, 0.25) is 0 Å². The lowest BCUT2D eigenvalue weighted by Gasteiger charge is -2.22. The van der Waals surface area contributed by atoms with E-state index in [-0.39, 0.29) is 24.4 Å². The molecule has 8 heteroatoms. The van der Waals surface area contributed by atoms with E-state index >= 15 is 0 Å². The van der Waals surface area contributed by atoms with Crippen LogP contribution >= 0.6 is 0 Å². The summed E-state index contributed by atoms with van der Waals surface area (Å²) in [5, 5.41) is 11.0. The van der Waals surface area contributed by atoms with E-state index in [9.17, 15) is 19.2 Å². The van der Waals surface area contributed by atoms with Crippen molar-refractivity contribution in [2.45, 2.75) is 57.4 Å². The molecule has 1 atom stereocenters. The third kappa shape index (κ3) is 4.16. The third-order valence-electron chi connectivity index (χ3n) is 5.28. The number of imidazole rings is 1. The first-order valence-electron chi connectivity index (χ1n) is 9.64. The SMILES string of the molecule is Cn1c(=O)n(C2CCC(=O)NC2=O)c2cc(CCCCCCC(=O)O)ccc21. The predicted octanol–water partition coefficient (Wildman–Crippen LogP) is 1.90. The van der Waals surface area contributed by atoms with Crippen molar-refractivity contribution >= 4 is 28.8 Å². The summed E-state index contributed by atoms with van der Waals surface area (Å²) in [6.45, 7) is 0. The molecule has 1 unspecified atom stereocenters. The number of nitrogens with one attached hydrogen (secondary N) is 1. The number of rotatable bonds is 8. The normalized spacial score (nSPS) is 17.1. The number of carboxylic acid groups (broad SMARTS) is 1. The van der Waals surface area contributed by atoms with Crippen molar-refractivity contribution in [2.24, 2.45) is 7.05 Å². The molecule has 0 aliphatic carbocycles. The van der Waals surface area contributed by atoms with Crippen molar-refractivity contribution < 1.29 is 19.5 Å². The molecule has 0 spiro atoms. The number of aliphatic carboxylic acids is 1. The number of nitrogens with zero attached hydrogens (tertiary/aromatic N) is 2. The predicted molar refractivity (Wildman–Crippen MR) is 103 cm³/mol. The van der Waals surface area contributed by atoms with Gasteiger partial charge in [-0.2, -0.15) is 0 Å². The Morgan fingerprint density at radius 1 is 1.14 bits per heavy atom. The summed E-state index contributed by atoms with van der Waals surface area (Å²) < 4.78 is 3.02. The molecule has 0 saturated carbocycles. The average Bonchev–Trinajstić information content (AvgIpc) is 2.89. The highest BCUT2D eigenvalue weighted by atomic mass is 16.4. The highest BCUT2D eigenvalue weighted by Crippen LogP contribution is 2.24. The molecular weight excluding hydrogens is 362 g/mol. The number of hydrogen-bond acceptors (Lipinski definition) is 4. The quantitative estimate of drug-likeness (QED) is 0.531. The number of imide groups is 1. The number of fused-ring (bicyclic) bond motifs is 1. The molecule has 1 aromatic carbocycles. The number of benzene rings is 1. The molecule has 28 heavy (non-hydrogen) atoms. The molecule has 1 aromatic heterocycles. The van der Waals surface area contributed by atoms with Crippen LogP contribution < -0.4 is 11.0 Å². The number of unbranched alkanes of at least 4 members (excludes halogenated alkanes) is 3. The molecule has 3 rings (SSSR count). The summed E-state index contributed by atoms with van der Waals surface area (Å²) in [6, 6.07) is 5.13. The largest absolute Gasteiger partial charge is 0.481 e. The summed E-state index contributed by atoms with van der Waals surface area (Å²) in [7, 11) is 1.68. The first-order valence-corrected chi connectivity index (χ1v) is 9.64. The topological polar surface area (TPSA) is 110 Å². The smallest absolute Gasteiger partial charge is 0.329 e. The summed E-state index contributed by atoms with van der Waals surface area (Å²) in [4.78, 5) is 47.0. The Morgan fingerprint density at radius 3 is 2.61 bits per heavy atom. The van der Waals surface area contributed by atoms with Gasteiger partial charge in [-0.1, -0.05) is 18.9 Å². The number of piperidine rings is 1. The van der Waals surface area contributed by atoms with Gasteiger partial charge in [-0.25, -0.2) is 4.79 Å². The maximum Gasteiger partial charge on any atom is 0.329 e. The fourth-order valence-corrected chi connectivity index (χ4v) is 3.76. The zero-order valence-corrected chi connectivity index (χ0v) is 15.9. The molecule has 2 N–H and O–H groups in total. The fraction of sp³-hybridized carbons (Fsp3) is 0.500. The van der Waals surface area contributed by atoms with Crippen LogP contribution in [0.4, 0.5) is 0 Å². The third-order valence-corrected chi connectivity index (χ3v) is 5.28. The van der Waals surface area contributed by atoms with Gasteiger partial charge < -0.3 is 5.11 Å². The Morgan fingerprint density at radius 2 is 1.89 bits per heavy atom. The van der Waals surface area contributed by atoms with Crippen LogP contribution in [0.1, 0.15) is 56.6 Å². The Hall–Kier alpha value is -2.90. The Labute approximate surface area is 162 Å². The van der Waals surface area contributed by atoms with Gasteiger partial charge in [0.2, 0.25) is 11.8 Å². The van der Waals surface area contributed by atoms with Gasteiger partial charge in [0.15, 0.2) is 0 Å². The second kappa shape index (κ2) is 8.41. The molecule has 1 aliphatic rings. The molecule has 0 radical (unpaired) electrons. The molecule has 1 saturated heterocycles. The van der Waals surface area contributed by atoms with E-state index in [4.69, 9.17) is 5.11 Å². The second-order valence-electron chi connectivity index (χ2n) is 7.31. The van der Waals surface area contributed by atoms with E-state index in [1.54, 1.807) is 7.05 Å². The molecule has 2 amide bonds. The molecule has 2 aromatic rings. The summed E-state index contributed by atoms with van der Waals surface area (Å²) in [5.74, 6) is -1.51. The van der Waals surface area contributed by atoms with Gasteiger partial charge in [0.25, 0.3) is 0 Å². The van der Waals surface area contributed by atoms with E-state index in [0.717, 1.165) is 36.8 Å². The summed E-state index contributed by atoms with van der Waals surface area (Å²) in [5.41, 5.74) is 2.25. The average molecular weight is 387 g/mol. The number of carbonyl (C=O) groups is 3. The standard InChI is InChI=1S/C20H25N3O5/c1-22-14-9-8-13(6-4-2-3-5-7-18(25)26)12-16(14)23(20(22)28)15-10-11-17(24)21-19(15)27/h8-9,12,15H,2-7,10-11H2,1H3,(H,25,26)(H,21,24,27). The van der Waals surface area contributed by atoms with Crippen LogP contribution in [0.25, 0.3) is 11.0 Å². The number of aromatic nitrogens is 2. The minimum atomic E-state index is -0.763. The van der Waals surface area contributed by atoms with Gasteiger partial charge in [-0.3, -0.25) is 28.8 Å². The van der Waals surface area contributed by atoms with Crippen LogP contribution in [-0.2, 0) is 27.9 Å². The van der Waals surface area contributed by atoms with Crippen molar-refractivity contribution in [1.29, 1.82) is 0 Å². The van der Waals surface area contributed by atoms with Crippen LogP contribution in [0.5, 0.6) is 0 Å². The van der Waals surface area contributed by atoms with Gasteiger partial charge in [0, 0.05) is 19.9 Å². The van der Waals surface area contributed by atoms with Crippen molar-refractivity contribution in [2.75, 3.05) is 0 Å². The lowest BCUT2D eigenvalue weighted by atomic mass is 10.0. The monoisotopic (exact) mass is 387 g/mol. The zero-order valence-electron chi connectivity index (χ0n) is 15.9. The van der Waals surface area contributed by atoms with Crippen LogP contribution in [-0.4, -0.2) is 32.0 Å². The van der Waals surface area contributed by atoms with E-state index in [1.165, 1.54) is 9.13 Å². The van der Waals surface area contributed by atoms with Crippen LogP contribution in [0, 0.1) is 0 Å². The van der Waals surface area contributed by atoms with Gasteiger partial charge in [0.1, 0.15) is 6.04 Å². The van der Waals surface area contributed by atoms with Gasteiger partial charge >= 0.3 is 11.7 Å². The van der Waals surface area contributed by atoms with E-state index < -0.39 is 17.9 Å². The Bertz CT molecular complexity index is 972. The summed E-state index contributed by atoms with van der Waals surface area (Å²) >= 11 is 0. The molecule has 1 fully saturated rings. The highest BCUT2D eigenvalue weighted by molar-refractivity contribution is 6.00. The van der Waals surface area contributed by atoms with Crippen molar-refractivity contribution in [3.05, 3.63) is 34.2 Å². The van der Waals surface area contributed by atoms with Crippen LogP contribution in [0.3, 0.4) is 0 Å². The number of carboxylic acids is 1. The lowest BCUT2D eigenvalue weighted by molar-refractivity contribution is -0.137. The Balaban J connectivity index is 1.77. The molecule has 1 aliphatic heterocycles. The highest BCUT2D eigenvalue weighted by Gasteiger charge is 2.31. The number of carbonyl (C=O) groups excluding carboxylic acids is 2. The summed E-state index contributed by atoms with van der Waals surface area (Å²) in [6.07, 6.45) is 4.99. The lowest BCUT2D eigenvalue weighted by Crippen LogP contribution is -2.44. The first-order chi connectivity index (χ1) is 13.4. The molecule has 0 bridgehead atoms. The van der Waals surface area contributed by atoms with E-state index in [0.29, 0.717) is 18.4 Å². The fourth-order valence-electron chi connectivity index (χ4n) is 3.76. The minimum Gasteiger partial charge on any atom is -0.481 e. The van der Waals surface area contributed by atoms with Crippen molar-refractivity contribution in [3.63, 3.8) is 0 Å². The molecule has 8 nitrogen and oxygen atoms in total. The van der Waals surface area contributed by atoms with Gasteiger partial charge in [-0.15, -0.1) is 0 Å². The van der Waals surface area contributed by atoms with Gasteiger partial charge in [-0.05, 0) is 43.4 Å².